The Morgan fingerprint density at radius 2 is 2.00 bits per heavy atom. The van der Waals surface area contributed by atoms with E-state index in [1.54, 1.807) is 0 Å². The fraction of sp³-hybridized carbons (Fsp3) is 0.667. The molecule has 0 saturated carbocycles. The fourth-order valence-electron chi connectivity index (χ4n) is 2.95. The van der Waals surface area contributed by atoms with Gasteiger partial charge >= 0.3 is 0 Å². The maximum absolute atomic E-state index is 5.64. The first-order chi connectivity index (χ1) is 8.71. The average Bonchev–Trinajstić information content (AvgIpc) is 2.83. The van der Waals surface area contributed by atoms with E-state index in [1.165, 1.54) is 32.4 Å². The third-order valence-corrected chi connectivity index (χ3v) is 4.48. The van der Waals surface area contributed by atoms with Crippen molar-refractivity contribution in [1.29, 1.82) is 0 Å². The minimum atomic E-state index is 0.529. The highest BCUT2D eigenvalue weighted by atomic mass is 15.2. The third kappa shape index (κ3) is 2.90. The SMILES string of the molecule is CCC1(CC)CCN(Cc2cccc(CN)n2)C1. The summed E-state index contributed by atoms with van der Waals surface area (Å²) < 4.78 is 0. The lowest BCUT2D eigenvalue weighted by molar-refractivity contribution is 0.235. The van der Waals surface area contributed by atoms with E-state index in [1.807, 2.05) is 6.07 Å². The first-order valence-corrected chi connectivity index (χ1v) is 7.08. The second-order valence-electron chi connectivity index (χ2n) is 5.49. The zero-order valence-electron chi connectivity index (χ0n) is 11.7. The fourth-order valence-corrected chi connectivity index (χ4v) is 2.95. The molecule has 2 heterocycles. The van der Waals surface area contributed by atoms with Crippen LogP contribution >= 0.6 is 0 Å². The maximum Gasteiger partial charge on any atom is 0.0547 e. The van der Waals surface area contributed by atoms with Crippen LogP contribution in [0.2, 0.25) is 0 Å². The van der Waals surface area contributed by atoms with Crippen molar-refractivity contribution < 1.29 is 0 Å². The summed E-state index contributed by atoms with van der Waals surface area (Å²) >= 11 is 0. The number of nitrogens with two attached hydrogens (primary N) is 1. The highest BCUT2D eigenvalue weighted by Crippen LogP contribution is 2.37. The van der Waals surface area contributed by atoms with Crippen LogP contribution in [0.1, 0.15) is 44.5 Å². The lowest BCUT2D eigenvalue weighted by Crippen LogP contribution is -2.26. The van der Waals surface area contributed by atoms with Gasteiger partial charge in [0, 0.05) is 19.6 Å². The molecule has 1 saturated heterocycles. The maximum atomic E-state index is 5.64. The van der Waals surface area contributed by atoms with E-state index in [0.717, 1.165) is 17.9 Å². The van der Waals surface area contributed by atoms with Crippen molar-refractivity contribution in [3.8, 4) is 0 Å². The molecule has 0 unspecified atom stereocenters. The van der Waals surface area contributed by atoms with Crippen LogP contribution in [0, 0.1) is 5.41 Å². The molecule has 0 amide bonds. The molecule has 2 rings (SSSR count). The van der Waals surface area contributed by atoms with Crippen molar-refractivity contribution in [3.05, 3.63) is 29.6 Å². The molecule has 1 aliphatic rings. The van der Waals surface area contributed by atoms with Gasteiger partial charge in [-0.1, -0.05) is 19.9 Å². The topological polar surface area (TPSA) is 42.1 Å². The highest BCUT2D eigenvalue weighted by molar-refractivity contribution is 5.11. The van der Waals surface area contributed by atoms with Gasteiger partial charge < -0.3 is 5.73 Å². The molecule has 3 heteroatoms. The van der Waals surface area contributed by atoms with Crippen molar-refractivity contribution in [2.75, 3.05) is 13.1 Å². The van der Waals surface area contributed by atoms with Gasteiger partial charge in [0.2, 0.25) is 0 Å². The highest BCUT2D eigenvalue weighted by Gasteiger charge is 2.34. The Bertz CT molecular complexity index is 385. The number of hydrogen-bond donors (Lipinski definition) is 1. The Hall–Kier alpha value is -0.930. The van der Waals surface area contributed by atoms with Crippen molar-refractivity contribution in [3.63, 3.8) is 0 Å². The van der Waals surface area contributed by atoms with Crippen molar-refractivity contribution in [1.82, 2.24) is 9.88 Å². The minimum Gasteiger partial charge on any atom is -0.325 e. The molecular formula is C15H25N3. The molecule has 0 radical (unpaired) electrons. The minimum absolute atomic E-state index is 0.529. The Labute approximate surface area is 110 Å². The van der Waals surface area contributed by atoms with E-state index >= 15 is 0 Å². The van der Waals surface area contributed by atoms with E-state index in [4.69, 9.17) is 5.73 Å². The van der Waals surface area contributed by atoms with Crippen LogP contribution in [0.5, 0.6) is 0 Å². The summed E-state index contributed by atoms with van der Waals surface area (Å²) in [5.41, 5.74) is 8.33. The number of likely N-dealkylation sites (tertiary alicyclic amines) is 1. The van der Waals surface area contributed by atoms with E-state index in [-0.39, 0.29) is 0 Å². The molecule has 0 atom stereocenters. The molecular weight excluding hydrogens is 222 g/mol. The van der Waals surface area contributed by atoms with Crippen LogP contribution in [0.25, 0.3) is 0 Å². The van der Waals surface area contributed by atoms with Crippen LogP contribution in [-0.2, 0) is 13.1 Å². The summed E-state index contributed by atoms with van der Waals surface area (Å²) in [6.07, 6.45) is 3.91. The number of rotatable bonds is 5. The predicted octanol–water partition coefficient (Wildman–Crippen LogP) is 2.55. The molecule has 0 aliphatic carbocycles. The van der Waals surface area contributed by atoms with Gasteiger partial charge in [-0.05, 0) is 43.4 Å². The van der Waals surface area contributed by atoms with E-state index in [2.05, 4.69) is 35.9 Å². The molecule has 0 bridgehead atoms. The molecule has 100 valence electrons. The zero-order valence-corrected chi connectivity index (χ0v) is 11.7. The van der Waals surface area contributed by atoms with Crippen molar-refractivity contribution in [2.45, 2.75) is 46.2 Å². The van der Waals surface area contributed by atoms with Gasteiger partial charge in [-0.25, -0.2) is 0 Å². The molecule has 1 fully saturated rings. The zero-order chi connectivity index (χ0) is 13.0. The lowest BCUT2D eigenvalue weighted by atomic mass is 9.82. The normalized spacial score (nSPS) is 19.3. The molecule has 2 N–H and O–H groups in total. The first kappa shape index (κ1) is 13.5. The second-order valence-corrected chi connectivity index (χ2v) is 5.49. The summed E-state index contributed by atoms with van der Waals surface area (Å²) in [7, 11) is 0. The second kappa shape index (κ2) is 5.81. The van der Waals surface area contributed by atoms with Crippen LogP contribution < -0.4 is 5.73 Å². The quantitative estimate of drug-likeness (QED) is 0.869. The Kier molecular flexibility index (Phi) is 4.36. The predicted molar refractivity (Wildman–Crippen MR) is 75.0 cm³/mol. The standard InChI is InChI=1S/C15H25N3/c1-3-15(4-2)8-9-18(12-15)11-14-7-5-6-13(10-16)17-14/h5-7H,3-4,8-12,16H2,1-2H3. The van der Waals surface area contributed by atoms with E-state index < -0.39 is 0 Å². The van der Waals surface area contributed by atoms with Gasteiger partial charge in [-0.3, -0.25) is 9.88 Å². The summed E-state index contributed by atoms with van der Waals surface area (Å²) in [4.78, 5) is 7.12. The molecule has 0 aromatic carbocycles. The van der Waals surface area contributed by atoms with Crippen LogP contribution in [0.4, 0.5) is 0 Å². The van der Waals surface area contributed by atoms with Crippen molar-refractivity contribution >= 4 is 0 Å². The van der Waals surface area contributed by atoms with E-state index in [0.29, 0.717) is 12.0 Å². The monoisotopic (exact) mass is 247 g/mol. The molecule has 1 aromatic rings. The number of aromatic nitrogens is 1. The number of hydrogen-bond acceptors (Lipinski definition) is 3. The largest absolute Gasteiger partial charge is 0.325 e. The van der Waals surface area contributed by atoms with Crippen LogP contribution in [0.3, 0.4) is 0 Å². The van der Waals surface area contributed by atoms with Crippen molar-refractivity contribution in [2.24, 2.45) is 11.1 Å². The van der Waals surface area contributed by atoms with Gasteiger partial charge in [0.1, 0.15) is 0 Å². The molecule has 0 spiro atoms. The van der Waals surface area contributed by atoms with E-state index in [9.17, 15) is 0 Å². The first-order valence-electron chi connectivity index (χ1n) is 7.08. The molecule has 3 nitrogen and oxygen atoms in total. The summed E-state index contributed by atoms with van der Waals surface area (Å²) in [6.45, 7) is 8.56. The van der Waals surface area contributed by atoms with Gasteiger partial charge in [-0.15, -0.1) is 0 Å². The van der Waals surface area contributed by atoms with Crippen LogP contribution in [-0.4, -0.2) is 23.0 Å². The summed E-state index contributed by atoms with van der Waals surface area (Å²) in [5.74, 6) is 0. The number of nitrogens with zero attached hydrogens (tertiary/aromatic N) is 2. The summed E-state index contributed by atoms with van der Waals surface area (Å²) in [6, 6.07) is 6.17. The van der Waals surface area contributed by atoms with Gasteiger partial charge in [0.15, 0.2) is 0 Å². The average molecular weight is 247 g/mol. The number of pyridine rings is 1. The van der Waals surface area contributed by atoms with Gasteiger partial charge in [-0.2, -0.15) is 0 Å². The molecule has 18 heavy (non-hydrogen) atoms. The van der Waals surface area contributed by atoms with Crippen LogP contribution in [0.15, 0.2) is 18.2 Å². The Balaban J connectivity index is 1.98. The Morgan fingerprint density at radius 3 is 2.61 bits per heavy atom. The smallest absolute Gasteiger partial charge is 0.0547 e. The van der Waals surface area contributed by atoms with Gasteiger partial charge in [0.25, 0.3) is 0 Å². The lowest BCUT2D eigenvalue weighted by Gasteiger charge is -2.26. The molecule has 1 aliphatic heterocycles. The van der Waals surface area contributed by atoms with Gasteiger partial charge in [0.05, 0.1) is 11.4 Å². The molecule has 1 aromatic heterocycles. The third-order valence-electron chi connectivity index (χ3n) is 4.48. The Morgan fingerprint density at radius 1 is 1.28 bits per heavy atom. The summed E-state index contributed by atoms with van der Waals surface area (Å²) in [5, 5.41) is 0.